The minimum absolute atomic E-state index is 0.166. The normalized spacial score (nSPS) is 10.2. The number of anilines is 1. The van der Waals surface area contributed by atoms with Crippen molar-refractivity contribution in [2.24, 2.45) is 0 Å². The molecule has 2 rings (SSSR count). The number of halogens is 1. The van der Waals surface area contributed by atoms with Gasteiger partial charge in [-0.3, -0.25) is 0 Å². The number of benzene rings is 1. The van der Waals surface area contributed by atoms with Crippen LogP contribution in [0, 0.1) is 19.7 Å². The predicted molar refractivity (Wildman–Crippen MR) is 67.5 cm³/mol. The molecular formula is C13H14FN3O. The van der Waals surface area contributed by atoms with Crippen LogP contribution in [0.2, 0.25) is 0 Å². The van der Waals surface area contributed by atoms with Crippen molar-refractivity contribution in [2.75, 3.05) is 12.4 Å². The van der Waals surface area contributed by atoms with Gasteiger partial charge in [-0.05, 0) is 25.5 Å². The Bertz CT molecular complexity index is 572. The molecule has 4 nitrogen and oxygen atoms in total. The number of ether oxygens (including phenoxy) is 1. The van der Waals surface area contributed by atoms with E-state index in [1.165, 1.54) is 6.33 Å². The third-order valence-electron chi connectivity index (χ3n) is 2.64. The first-order valence-corrected chi connectivity index (χ1v) is 5.55. The van der Waals surface area contributed by atoms with E-state index < -0.39 is 0 Å². The second kappa shape index (κ2) is 5.00. The second-order valence-corrected chi connectivity index (χ2v) is 3.89. The molecule has 1 aromatic carbocycles. The molecule has 0 saturated heterocycles. The number of hydrogen-bond acceptors (Lipinski definition) is 4. The molecule has 0 amide bonds. The van der Waals surface area contributed by atoms with E-state index in [0.717, 1.165) is 5.56 Å². The van der Waals surface area contributed by atoms with Crippen LogP contribution in [0.3, 0.4) is 0 Å². The lowest BCUT2D eigenvalue weighted by Crippen LogP contribution is -2.00. The molecule has 0 atom stereocenters. The van der Waals surface area contributed by atoms with E-state index in [0.29, 0.717) is 17.3 Å². The number of nitrogens with zero attached hydrogens (tertiary/aromatic N) is 2. The number of rotatable bonds is 3. The van der Waals surface area contributed by atoms with Gasteiger partial charge in [0, 0.05) is 7.05 Å². The fraction of sp³-hybridized carbons (Fsp3) is 0.231. The van der Waals surface area contributed by atoms with Crippen molar-refractivity contribution >= 4 is 5.82 Å². The van der Waals surface area contributed by atoms with Gasteiger partial charge < -0.3 is 10.1 Å². The zero-order valence-electron chi connectivity index (χ0n) is 10.5. The first-order valence-electron chi connectivity index (χ1n) is 5.55. The van der Waals surface area contributed by atoms with Crippen molar-refractivity contribution in [1.82, 2.24) is 9.97 Å². The summed E-state index contributed by atoms with van der Waals surface area (Å²) in [6, 6.07) is 5.00. The summed E-state index contributed by atoms with van der Waals surface area (Å²) in [4.78, 5) is 8.06. The van der Waals surface area contributed by atoms with Crippen molar-refractivity contribution in [3.63, 3.8) is 0 Å². The first kappa shape index (κ1) is 12.3. The molecule has 1 N–H and O–H groups in total. The van der Waals surface area contributed by atoms with Crippen LogP contribution in [0.15, 0.2) is 24.5 Å². The summed E-state index contributed by atoms with van der Waals surface area (Å²) in [5, 5.41) is 2.92. The maximum atomic E-state index is 13.8. The molecule has 0 spiro atoms. The van der Waals surface area contributed by atoms with Gasteiger partial charge in [0.05, 0.1) is 5.56 Å². The van der Waals surface area contributed by atoms with Crippen LogP contribution in [-0.4, -0.2) is 17.0 Å². The van der Waals surface area contributed by atoms with Crippen LogP contribution in [0.4, 0.5) is 10.2 Å². The van der Waals surface area contributed by atoms with Crippen LogP contribution in [0.25, 0.3) is 0 Å². The summed E-state index contributed by atoms with van der Waals surface area (Å²) in [6.45, 7) is 3.50. The fourth-order valence-electron chi connectivity index (χ4n) is 1.59. The van der Waals surface area contributed by atoms with Gasteiger partial charge in [0.15, 0.2) is 11.6 Å². The van der Waals surface area contributed by atoms with E-state index in [9.17, 15) is 4.39 Å². The highest BCUT2D eigenvalue weighted by molar-refractivity contribution is 5.48. The van der Waals surface area contributed by atoms with E-state index >= 15 is 0 Å². The summed E-state index contributed by atoms with van der Waals surface area (Å²) in [5.41, 5.74) is 1.27. The van der Waals surface area contributed by atoms with Gasteiger partial charge in [0.2, 0.25) is 5.88 Å². The second-order valence-electron chi connectivity index (χ2n) is 3.89. The van der Waals surface area contributed by atoms with E-state index in [1.54, 1.807) is 32.2 Å². The van der Waals surface area contributed by atoms with Crippen LogP contribution >= 0.6 is 0 Å². The Morgan fingerprint density at radius 3 is 2.72 bits per heavy atom. The molecule has 1 heterocycles. The Kier molecular flexibility index (Phi) is 3.41. The SMILES string of the molecule is CNc1ncnc(Oc2cccc(C)c2F)c1C. The Morgan fingerprint density at radius 1 is 1.22 bits per heavy atom. The summed E-state index contributed by atoms with van der Waals surface area (Å²) < 4.78 is 19.3. The third-order valence-corrected chi connectivity index (χ3v) is 2.64. The molecular weight excluding hydrogens is 233 g/mol. The maximum Gasteiger partial charge on any atom is 0.227 e. The highest BCUT2D eigenvalue weighted by atomic mass is 19.1. The van der Waals surface area contributed by atoms with Gasteiger partial charge in [-0.25, -0.2) is 14.4 Å². The minimum atomic E-state index is -0.374. The molecule has 0 aliphatic heterocycles. The van der Waals surface area contributed by atoms with Gasteiger partial charge in [-0.15, -0.1) is 0 Å². The van der Waals surface area contributed by atoms with Crippen LogP contribution in [0.1, 0.15) is 11.1 Å². The van der Waals surface area contributed by atoms with Gasteiger partial charge in [-0.1, -0.05) is 12.1 Å². The molecule has 0 saturated carbocycles. The number of hydrogen-bond donors (Lipinski definition) is 1. The molecule has 0 unspecified atom stereocenters. The Morgan fingerprint density at radius 2 is 2.00 bits per heavy atom. The third kappa shape index (κ3) is 2.25. The van der Waals surface area contributed by atoms with Gasteiger partial charge in [0.25, 0.3) is 0 Å². The van der Waals surface area contributed by atoms with Crippen LogP contribution in [0.5, 0.6) is 11.6 Å². The first-order chi connectivity index (χ1) is 8.63. The van der Waals surface area contributed by atoms with Crippen molar-refractivity contribution in [3.8, 4) is 11.6 Å². The average Bonchev–Trinajstić information content (AvgIpc) is 2.37. The largest absolute Gasteiger partial charge is 0.435 e. The lowest BCUT2D eigenvalue weighted by atomic mass is 10.2. The molecule has 18 heavy (non-hydrogen) atoms. The summed E-state index contributed by atoms with van der Waals surface area (Å²) in [5.74, 6) is 0.798. The van der Waals surface area contributed by atoms with Gasteiger partial charge in [-0.2, -0.15) is 0 Å². The van der Waals surface area contributed by atoms with E-state index in [-0.39, 0.29) is 11.6 Å². The quantitative estimate of drug-likeness (QED) is 0.905. The van der Waals surface area contributed by atoms with Crippen molar-refractivity contribution in [2.45, 2.75) is 13.8 Å². The van der Waals surface area contributed by atoms with Crippen molar-refractivity contribution < 1.29 is 9.13 Å². The summed E-state index contributed by atoms with van der Waals surface area (Å²) in [6.07, 6.45) is 1.38. The van der Waals surface area contributed by atoms with Crippen LogP contribution < -0.4 is 10.1 Å². The number of aryl methyl sites for hydroxylation is 1. The average molecular weight is 247 g/mol. The zero-order chi connectivity index (χ0) is 13.1. The molecule has 0 fully saturated rings. The molecule has 2 aromatic rings. The minimum Gasteiger partial charge on any atom is -0.435 e. The maximum absolute atomic E-state index is 13.8. The Labute approximate surface area is 105 Å². The van der Waals surface area contributed by atoms with E-state index in [4.69, 9.17) is 4.74 Å². The highest BCUT2D eigenvalue weighted by Gasteiger charge is 2.11. The van der Waals surface area contributed by atoms with Crippen molar-refractivity contribution in [3.05, 3.63) is 41.5 Å². The Balaban J connectivity index is 2.37. The molecule has 94 valence electrons. The molecule has 0 bridgehead atoms. The lowest BCUT2D eigenvalue weighted by Gasteiger charge is -2.11. The molecule has 1 aromatic heterocycles. The molecule has 0 aliphatic rings. The lowest BCUT2D eigenvalue weighted by molar-refractivity contribution is 0.422. The zero-order valence-corrected chi connectivity index (χ0v) is 10.5. The summed E-state index contributed by atoms with van der Waals surface area (Å²) in [7, 11) is 1.76. The standard InChI is InChI=1S/C13H14FN3O/c1-8-5-4-6-10(11(8)14)18-13-9(2)12(15-3)16-7-17-13/h4-7H,1-3H3,(H,15,16,17). The molecule has 0 radical (unpaired) electrons. The number of nitrogens with one attached hydrogen (secondary N) is 1. The number of aromatic nitrogens is 2. The topological polar surface area (TPSA) is 47.0 Å². The predicted octanol–water partition coefficient (Wildman–Crippen LogP) is 3.07. The van der Waals surface area contributed by atoms with E-state index in [1.807, 2.05) is 6.92 Å². The fourth-order valence-corrected chi connectivity index (χ4v) is 1.59. The monoisotopic (exact) mass is 247 g/mol. The Hall–Kier alpha value is -2.17. The van der Waals surface area contributed by atoms with Crippen molar-refractivity contribution in [1.29, 1.82) is 0 Å². The van der Waals surface area contributed by atoms with Crippen LogP contribution in [-0.2, 0) is 0 Å². The smallest absolute Gasteiger partial charge is 0.227 e. The van der Waals surface area contributed by atoms with Gasteiger partial charge in [0.1, 0.15) is 12.1 Å². The summed E-state index contributed by atoms with van der Waals surface area (Å²) >= 11 is 0. The van der Waals surface area contributed by atoms with E-state index in [2.05, 4.69) is 15.3 Å². The molecule has 0 aliphatic carbocycles. The molecule has 5 heteroatoms. The van der Waals surface area contributed by atoms with Gasteiger partial charge >= 0.3 is 0 Å². The highest BCUT2D eigenvalue weighted by Crippen LogP contribution is 2.28.